The van der Waals surface area contributed by atoms with Gasteiger partial charge in [-0.3, -0.25) is 4.79 Å². The minimum absolute atomic E-state index is 0.213. The van der Waals surface area contributed by atoms with E-state index in [9.17, 15) is 4.79 Å². The number of hydrogen-bond acceptors (Lipinski definition) is 6. The molecule has 2 rings (SSSR count). The van der Waals surface area contributed by atoms with Crippen molar-refractivity contribution in [2.75, 3.05) is 7.11 Å². The fourth-order valence-electron chi connectivity index (χ4n) is 1.14. The van der Waals surface area contributed by atoms with E-state index >= 15 is 0 Å². The molecule has 2 aromatic heterocycles. The van der Waals surface area contributed by atoms with Crippen LogP contribution in [0, 0.1) is 0 Å². The third-order valence-electron chi connectivity index (χ3n) is 1.94. The van der Waals surface area contributed by atoms with Crippen LogP contribution in [-0.4, -0.2) is 33.3 Å². The SMILES string of the molecule is COC(=O)CCn1nnc(-c2ccco2)n1. The summed E-state index contributed by atoms with van der Waals surface area (Å²) in [5, 5.41) is 11.6. The van der Waals surface area contributed by atoms with Crippen molar-refractivity contribution in [3.8, 4) is 11.6 Å². The smallest absolute Gasteiger partial charge is 0.307 e. The van der Waals surface area contributed by atoms with E-state index in [0.29, 0.717) is 18.1 Å². The predicted molar refractivity (Wildman–Crippen MR) is 52.2 cm³/mol. The van der Waals surface area contributed by atoms with E-state index < -0.39 is 0 Å². The Morgan fingerprint density at radius 1 is 1.62 bits per heavy atom. The Labute approximate surface area is 91.0 Å². The third kappa shape index (κ3) is 2.25. The van der Waals surface area contributed by atoms with Gasteiger partial charge in [0, 0.05) is 0 Å². The van der Waals surface area contributed by atoms with Crippen LogP contribution in [0.15, 0.2) is 22.8 Å². The highest BCUT2D eigenvalue weighted by molar-refractivity contribution is 5.68. The van der Waals surface area contributed by atoms with E-state index in [1.54, 1.807) is 12.1 Å². The molecule has 0 bridgehead atoms. The maximum atomic E-state index is 10.9. The summed E-state index contributed by atoms with van der Waals surface area (Å²) in [5.41, 5.74) is 0. The van der Waals surface area contributed by atoms with Crippen molar-refractivity contribution < 1.29 is 13.9 Å². The average Bonchev–Trinajstić information content (AvgIpc) is 2.95. The lowest BCUT2D eigenvalue weighted by atomic mass is 10.4. The van der Waals surface area contributed by atoms with E-state index in [4.69, 9.17) is 4.42 Å². The number of carbonyl (C=O) groups excluding carboxylic acids is 1. The predicted octanol–water partition coefficient (Wildman–Crippen LogP) is 0.496. The van der Waals surface area contributed by atoms with Crippen molar-refractivity contribution >= 4 is 5.97 Å². The lowest BCUT2D eigenvalue weighted by Crippen LogP contribution is -2.09. The molecule has 0 atom stereocenters. The molecule has 7 heteroatoms. The molecule has 0 amide bonds. The maximum absolute atomic E-state index is 10.9. The zero-order valence-corrected chi connectivity index (χ0v) is 8.66. The van der Waals surface area contributed by atoms with Crippen LogP contribution < -0.4 is 0 Å². The summed E-state index contributed by atoms with van der Waals surface area (Å²) in [6.07, 6.45) is 1.74. The van der Waals surface area contributed by atoms with Gasteiger partial charge in [0.2, 0.25) is 5.82 Å². The summed E-state index contributed by atoms with van der Waals surface area (Å²) in [6.45, 7) is 0.334. The number of tetrazole rings is 1. The molecule has 0 aliphatic heterocycles. The van der Waals surface area contributed by atoms with Crippen molar-refractivity contribution in [2.45, 2.75) is 13.0 Å². The van der Waals surface area contributed by atoms with Crippen molar-refractivity contribution in [3.63, 3.8) is 0 Å². The van der Waals surface area contributed by atoms with Crippen molar-refractivity contribution in [3.05, 3.63) is 18.4 Å². The molecule has 0 saturated heterocycles. The number of aryl methyl sites for hydroxylation is 1. The lowest BCUT2D eigenvalue weighted by molar-refractivity contribution is -0.140. The van der Waals surface area contributed by atoms with Crippen LogP contribution in [0.2, 0.25) is 0 Å². The van der Waals surface area contributed by atoms with E-state index in [2.05, 4.69) is 20.1 Å². The van der Waals surface area contributed by atoms with Gasteiger partial charge in [0.05, 0.1) is 26.3 Å². The molecule has 0 aliphatic rings. The molecular weight excluding hydrogens is 212 g/mol. The Hall–Kier alpha value is -2.18. The second-order valence-corrected chi connectivity index (χ2v) is 3.01. The van der Waals surface area contributed by atoms with Crippen LogP contribution in [0.4, 0.5) is 0 Å². The lowest BCUT2D eigenvalue weighted by Gasteiger charge is -1.96. The molecule has 84 valence electrons. The van der Waals surface area contributed by atoms with E-state index in [1.807, 2.05) is 0 Å². The first-order valence-electron chi connectivity index (χ1n) is 4.68. The number of furan rings is 1. The van der Waals surface area contributed by atoms with Crippen LogP contribution >= 0.6 is 0 Å². The average molecular weight is 222 g/mol. The van der Waals surface area contributed by atoms with Crippen LogP contribution in [0.3, 0.4) is 0 Å². The fourth-order valence-corrected chi connectivity index (χ4v) is 1.14. The Morgan fingerprint density at radius 3 is 3.19 bits per heavy atom. The van der Waals surface area contributed by atoms with Gasteiger partial charge in [-0.25, -0.2) is 0 Å². The second kappa shape index (κ2) is 4.56. The molecule has 0 N–H and O–H groups in total. The number of nitrogens with zero attached hydrogens (tertiary/aromatic N) is 4. The molecule has 16 heavy (non-hydrogen) atoms. The highest BCUT2D eigenvalue weighted by Crippen LogP contribution is 2.12. The van der Waals surface area contributed by atoms with Crippen LogP contribution in [0.5, 0.6) is 0 Å². The molecule has 2 aromatic rings. The molecule has 0 unspecified atom stereocenters. The van der Waals surface area contributed by atoms with Gasteiger partial charge in [0.25, 0.3) is 0 Å². The van der Waals surface area contributed by atoms with Gasteiger partial charge in [-0.2, -0.15) is 4.80 Å². The van der Waals surface area contributed by atoms with Crippen LogP contribution in [-0.2, 0) is 16.1 Å². The molecular formula is C9H10N4O3. The molecule has 2 heterocycles. The zero-order chi connectivity index (χ0) is 11.4. The maximum Gasteiger partial charge on any atom is 0.307 e. The summed E-state index contributed by atoms with van der Waals surface area (Å²) in [4.78, 5) is 12.2. The molecule has 0 spiro atoms. The van der Waals surface area contributed by atoms with Gasteiger partial charge in [-0.05, 0) is 17.3 Å². The summed E-state index contributed by atoms with van der Waals surface area (Å²) in [7, 11) is 1.34. The molecule has 0 fully saturated rings. The van der Waals surface area contributed by atoms with Gasteiger partial charge >= 0.3 is 5.97 Å². The minimum atomic E-state index is -0.308. The standard InChI is InChI=1S/C9H10N4O3/c1-15-8(14)4-5-13-11-9(10-12-13)7-3-2-6-16-7/h2-3,6H,4-5H2,1H3. The summed E-state index contributed by atoms with van der Waals surface area (Å²) < 4.78 is 9.61. The largest absolute Gasteiger partial charge is 0.469 e. The first-order chi connectivity index (χ1) is 7.79. The number of ether oxygens (including phenoxy) is 1. The monoisotopic (exact) mass is 222 g/mol. The topological polar surface area (TPSA) is 83.0 Å². The molecule has 7 nitrogen and oxygen atoms in total. The summed E-state index contributed by atoms with van der Waals surface area (Å²) >= 11 is 0. The van der Waals surface area contributed by atoms with Crippen molar-refractivity contribution in [1.82, 2.24) is 20.2 Å². The van der Waals surface area contributed by atoms with Gasteiger partial charge in [0.1, 0.15) is 0 Å². The van der Waals surface area contributed by atoms with Gasteiger partial charge in [0.15, 0.2) is 5.76 Å². The number of aromatic nitrogens is 4. The van der Waals surface area contributed by atoms with Crippen LogP contribution in [0.25, 0.3) is 11.6 Å². The van der Waals surface area contributed by atoms with Crippen molar-refractivity contribution in [1.29, 1.82) is 0 Å². The fraction of sp³-hybridized carbons (Fsp3) is 0.333. The number of carbonyl (C=O) groups is 1. The van der Waals surface area contributed by atoms with Gasteiger partial charge < -0.3 is 9.15 Å². The number of esters is 1. The third-order valence-corrected chi connectivity index (χ3v) is 1.94. The normalized spacial score (nSPS) is 10.3. The minimum Gasteiger partial charge on any atom is -0.469 e. The Morgan fingerprint density at radius 2 is 2.50 bits per heavy atom. The number of methoxy groups -OCH3 is 1. The Bertz CT molecular complexity index is 463. The summed E-state index contributed by atoms with van der Waals surface area (Å²) in [6, 6.07) is 3.48. The Balaban J connectivity index is 2.00. The van der Waals surface area contributed by atoms with E-state index in [-0.39, 0.29) is 12.4 Å². The highest BCUT2D eigenvalue weighted by atomic mass is 16.5. The number of rotatable bonds is 4. The Kier molecular flexibility index (Phi) is 2.95. The quantitative estimate of drug-likeness (QED) is 0.700. The van der Waals surface area contributed by atoms with Gasteiger partial charge in [-0.15, -0.1) is 10.2 Å². The molecule has 0 aromatic carbocycles. The molecule has 0 saturated carbocycles. The van der Waals surface area contributed by atoms with Crippen LogP contribution in [0.1, 0.15) is 6.42 Å². The molecule has 0 aliphatic carbocycles. The summed E-state index contributed by atoms with van der Waals surface area (Å²) in [5.74, 6) is 0.635. The zero-order valence-electron chi connectivity index (χ0n) is 8.66. The second-order valence-electron chi connectivity index (χ2n) is 3.01. The van der Waals surface area contributed by atoms with E-state index in [1.165, 1.54) is 18.2 Å². The van der Waals surface area contributed by atoms with E-state index in [0.717, 1.165) is 0 Å². The first kappa shape index (κ1) is 10.3. The highest BCUT2D eigenvalue weighted by Gasteiger charge is 2.09. The number of hydrogen-bond donors (Lipinski definition) is 0. The van der Waals surface area contributed by atoms with Gasteiger partial charge in [-0.1, -0.05) is 0 Å². The molecule has 0 radical (unpaired) electrons. The first-order valence-corrected chi connectivity index (χ1v) is 4.68. The van der Waals surface area contributed by atoms with Crippen molar-refractivity contribution in [2.24, 2.45) is 0 Å².